The molecule has 4 aromatic rings. The van der Waals surface area contributed by atoms with Crippen LogP contribution in [-0.4, -0.2) is 106 Å². The van der Waals surface area contributed by atoms with Gasteiger partial charge in [0.25, 0.3) is 0 Å². The maximum atomic E-state index is 14.4. The maximum Gasteiger partial charge on any atom is 0.334 e. The van der Waals surface area contributed by atoms with Crippen molar-refractivity contribution in [2.24, 2.45) is 0 Å². The molecule has 3 aliphatic heterocycles. The third kappa shape index (κ3) is 7.63. The number of ether oxygens (including phenoxy) is 1. The Kier molecular flexibility index (Phi) is 10.5. The molecular weight excluding hydrogens is 658 g/mol. The second-order valence-electron chi connectivity index (χ2n) is 13.2. The van der Waals surface area contributed by atoms with Gasteiger partial charge in [-0.05, 0) is 52.6 Å². The number of pyridine rings is 1. The Morgan fingerprint density at radius 1 is 0.923 bits per heavy atom. The highest BCUT2D eigenvalue weighted by atomic mass is 16.5. The lowest BCUT2D eigenvalue weighted by Gasteiger charge is -2.55. The molecule has 2 atom stereocenters. The Balaban J connectivity index is 1.18. The van der Waals surface area contributed by atoms with Crippen molar-refractivity contribution in [1.29, 1.82) is 0 Å². The van der Waals surface area contributed by atoms with E-state index in [9.17, 15) is 19.5 Å². The third-order valence-electron chi connectivity index (χ3n) is 9.75. The van der Waals surface area contributed by atoms with Crippen molar-refractivity contribution in [2.45, 2.75) is 31.7 Å². The summed E-state index contributed by atoms with van der Waals surface area (Å²) in [6.45, 7) is 7.73. The number of hydrazine groups is 1. The lowest BCUT2D eigenvalue weighted by molar-refractivity contribution is -0.189. The minimum Gasteiger partial charge on any atom is -0.508 e. The molecule has 2 N–H and O–H groups in total. The van der Waals surface area contributed by atoms with Crippen LogP contribution in [0.1, 0.15) is 16.7 Å². The van der Waals surface area contributed by atoms with Crippen LogP contribution in [0.5, 0.6) is 5.75 Å². The molecule has 0 radical (unpaired) electrons. The second-order valence-corrected chi connectivity index (χ2v) is 13.2. The number of amides is 4. The van der Waals surface area contributed by atoms with E-state index in [1.807, 2.05) is 60.8 Å². The number of aromatic hydroxyl groups is 1. The molecule has 12 nitrogen and oxygen atoms in total. The van der Waals surface area contributed by atoms with E-state index in [4.69, 9.17) is 9.72 Å². The predicted octanol–water partition coefficient (Wildman–Crippen LogP) is 4.03. The molecule has 3 saturated heterocycles. The number of phenols is 1. The summed E-state index contributed by atoms with van der Waals surface area (Å²) < 4.78 is 5.48. The molecule has 0 aliphatic carbocycles. The molecule has 268 valence electrons. The first kappa shape index (κ1) is 34.7. The van der Waals surface area contributed by atoms with Crippen LogP contribution in [0.25, 0.3) is 11.1 Å². The van der Waals surface area contributed by atoms with Gasteiger partial charge in [0.05, 0.1) is 26.3 Å². The molecule has 0 unspecified atom stereocenters. The third-order valence-corrected chi connectivity index (χ3v) is 9.75. The Bertz CT molecular complexity index is 1880. The molecule has 52 heavy (non-hydrogen) atoms. The number of fused-ring (bicyclic) bond motifs is 1. The zero-order chi connectivity index (χ0) is 36.0. The number of anilines is 1. The highest BCUT2D eigenvalue weighted by Gasteiger charge is 2.51. The van der Waals surface area contributed by atoms with Gasteiger partial charge in [-0.3, -0.25) is 9.59 Å². The number of piperazine rings is 1. The van der Waals surface area contributed by atoms with Gasteiger partial charge >= 0.3 is 6.03 Å². The zero-order valence-corrected chi connectivity index (χ0v) is 29.0. The van der Waals surface area contributed by atoms with Gasteiger partial charge in [0, 0.05) is 50.9 Å². The summed E-state index contributed by atoms with van der Waals surface area (Å²) in [5.74, 6) is 0.572. The molecule has 3 fully saturated rings. The topological polar surface area (TPSA) is 122 Å². The minimum atomic E-state index is -0.869. The van der Waals surface area contributed by atoms with Gasteiger partial charge in [0.15, 0.2) is 0 Å². The van der Waals surface area contributed by atoms with Crippen molar-refractivity contribution in [1.82, 2.24) is 30.1 Å². The van der Waals surface area contributed by atoms with Gasteiger partial charge in [-0.15, -0.1) is 6.58 Å². The molecule has 4 heterocycles. The van der Waals surface area contributed by atoms with Gasteiger partial charge in [-0.1, -0.05) is 66.7 Å². The Labute approximate surface area is 303 Å². The molecule has 12 heteroatoms. The van der Waals surface area contributed by atoms with Crippen LogP contribution in [0, 0.1) is 0 Å². The molecule has 0 bridgehead atoms. The standard InChI is InChI=1S/C40H43N7O5/c1-2-17-45-28-38(49)46-35(23-29-11-14-34(48)15-12-29)39(50)44(27-37(46)47(45)40(51)42-24-30-7-4-3-5-8-30)26-31-9-6-10-32(22-31)33-13-16-36(41-25-33)43-18-20-52-21-19-43/h2-16,22,25,35,37,48H,1,17-21,23-24,26-28H2,(H,42,51)/t35-,37-/m0/s1. The first-order valence-corrected chi connectivity index (χ1v) is 17.6. The summed E-state index contributed by atoms with van der Waals surface area (Å²) in [4.78, 5) is 52.7. The number of carbonyl (C=O) groups excluding carboxylic acids is 3. The molecule has 3 aromatic carbocycles. The smallest absolute Gasteiger partial charge is 0.334 e. The minimum absolute atomic E-state index is 0.0823. The summed E-state index contributed by atoms with van der Waals surface area (Å²) in [6.07, 6.45) is 2.99. The van der Waals surface area contributed by atoms with Crippen molar-refractivity contribution in [2.75, 3.05) is 50.8 Å². The lowest BCUT2D eigenvalue weighted by atomic mass is 9.98. The predicted molar refractivity (Wildman–Crippen MR) is 197 cm³/mol. The molecule has 0 spiro atoms. The van der Waals surface area contributed by atoms with Crippen LogP contribution in [0.15, 0.2) is 110 Å². The first-order chi connectivity index (χ1) is 25.4. The summed E-state index contributed by atoms with van der Waals surface area (Å²) in [5, 5.41) is 16.2. The number of morpholine rings is 1. The molecular formula is C40H43N7O5. The maximum absolute atomic E-state index is 14.4. The fourth-order valence-corrected chi connectivity index (χ4v) is 7.16. The van der Waals surface area contributed by atoms with E-state index < -0.39 is 12.2 Å². The Hall–Kier alpha value is -5.72. The van der Waals surface area contributed by atoms with Crippen LogP contribution >= 0.6 is 0 Å². The van der Waals surface area contributed by atoms with Crippen molar-refractivity contribution in [3.63, 3.8) is 0 Å². The normalized spacial score (nSPS) is 19.4. The van der Waals surface area contributed by atoms with Gasteiger partial charge in [0.2, 0.25) is 11.8 Å². The van der Waals surface area contributed by atoms with Crippen molar-refractivity contribution < 1.29 is 24.2 Å². The van der Waals surface area contributed by atoms with Crippen LogP contribution in [0.3, 0.4) is 0 Å². The van der Waals surface area contributed by atoms with E-state index in [1.54, 1.807) is 50.2 Å². The van der Waals surface area contributed by atoms with Crippen LogP contribution < -0.4 is 10.2 Å². The van der Waals surface area contributed by atoms with Gasteiger partial charge in [-0.2, -0.15) is 0 Å². The van der Waals surface area contributed by atoms with Gasteiger partial charge in [-0.25, -0.2) is 19.8 Å². The average Bonchev–Trinajstić information content (AvgIpc) is 3.17. The number of carbonyl (C=O) groups is 3. The van der Waals surface area contributed by atoms with Crippen molar-refractivity contribution in [3.05, 3.63) is 127 Å². The summed E-state index contributed by atoms with van der Waals surface area (Å²) in [5.41, 5.74) is 4.56. The number of hydrogen-bond acceptors (Lipinski definition) is 8. The molecule has 0 saturated carbocycles. The number of urea groups is 1. The van der Waals surface area contributed by atoms with E-state index in [-0.39, 0.29) is 56.2 Å². The average molecular weight is 702 g/mol. The number of benzene rings is 3. The SMILES string of the molecule is C=CCN1CC(=O)N2[C@@H](Cc3ccc(O)cc3)C(=O)N(Cc3cccc(-c4ccc(N5CCOCC5)nc4)c3)C[C@@H]2N1C(=O)NCc1ccccc1. The number of aromatic nitrogens is 1. The van der Waals surface area contributed by atoms with E-state index >= 15 is 0 Å². The van der Waals surface area contributed by atoms with Crippen LogP contribution in [-0.2, 0) is 33.8 Å². The van der Waals surface area contributed by atoms with E-state index in [0.717, 1.165) is 46.7 Å². The quantitative estimate of drug-likeness (QED) is 0.238. The molecule has 1 aromatic heterocycles. The lowest BCUT2D eigenvalue weighted by Crippen LogP contribution is -2.76. The largest absolute Gasteiger partial charge is 0.508 e. The first-order valence-electron chi connectivity index (χ1n) is 17.6. The Morgan fingerprint density at radius 3 is 2.42 bits per heavy atom. The monoisotopic (exact) mass is 701 g/mol. The zero-order valence-electron chi connectivity index (χ0n) is 29.0. The summed E-state index contributed by atoms with van der Waals surface area (Å²) in [6, 6.07) is 27.1. The second kappa shape index (κ2) is 15.7. The fourth-order valence-electron chi connectivity index (χ4n) is 7.16. The van der Waals surface area contributed by atoms with Crippen LogP contribution in [0.2, 0.25) is 0 Å². The number of rotatable bonds is 10. The number of hydrogen-bond donors (Lipinski definition) is 2. The number of nitrogens with zero attached hydrogens (tertiary/aromatic N) is 6. The van der Waals surface area contributed by atoms with E-state index in [1.165, 1.54) is 0 Å². The number of phenolic OH excluding ortho intramolecular Hbond substituents is 1. The highest BCUT2D eigenvalue weighted by Crippen LogP contribution is 2.30. The van der Waals surface area contributed by atoms with E-state index in [2.05, 4.69) is 28.9 Å². The number of nitrogens with one attached hydrogen (secondary N) is 1. The van der Waals surface area contributed by atoms with Crippen molar-refractivity contribution in [3.8, 4) is 16.9 Å². The van der Waals surface area contributed by atoms with Crippen LogP contribution in [0.4, 0.5) is 10.6 Å². The van der Waals surface area contributed by atoms with Gasteiger partial charge < -0.3 is 29.9 Å². The fraction of sp³-hybridized carbons (Fsp3) is 0.300. The Morgan fingerprint density at radius 2 is 1.69 bits per heavy atom. The molecule has 3 aliphatic rings. The molecule has 7 rings (SSSR count). The summed E-state index contributed by atoms with van der Waals surface area (Å²) >= 11 is 0. The van der Waals surface area contributed by atoms with Gasteiger partial charge in [0.1, 0.15) is 23.8 Å². The summed E-state index contributed by atoms with van der Waals surface area (Å²) in [7, 11) is 0. The highest BCUT2D eigenvalue weighted by molar-refractivity contribution is 5.91. The van der Waals surface area contributed by atoms with E-state index in [0.29, 0.717) is 19.8 Å². The molecule has 4 amide bonds. The van der Waals surface area contributed by atoms with Crippen molar-refractivity contribution >= 4 is 23.7 Å².